The minimum absolute atomic E-state index is 0.466. The summed E-state index contributed by atoms with van der Waals surface area (Å²) >= 11 is 0. The van der Waals surface area contributed by atoms with Gasteiger partial charge in [-0.3, -0.25) is 0 Å². The summed E-state index contributed by atoms with van der Waals surface area (Å²) in [4.78, 5) is 10.9. The number of carboxylic acid groups (broad SMARTS) is 1. The Morgan fingerprint density at radius 3 is 2.00 bits per heavy atom. The highest BCUT2D eigenvalue weighted by atomic mass is 16.7. The largest absolute Gasteiger partial charge is 0.479 e. The lowest BCUT2D eigenvalue weighted by atomic mass is 9.99. The topological polar surface area (TPSA) is 186 Å². The lowest BCUT2D eigenvalue weighted by Crippen LogP contribution is -2.60. The average Bonchev–Trinajstić information content (AvgIpc) is 2.71. The van der Waals surface area contributed by atoms with Crippen LogP contribution in [0.1, 0.15) is 0 Å². The molecule has 2 heterocycles. The highest BCUT2D eigenvalue weighted by Gasteiger charge is 2.48. The fourth-order valence-electron chi connectivity index (χ4n) is 2.25. The van der Waals surface area contributed by atoms with Crippen molar-refractivity contribution >= 4 is 5.97 Å². The van der Waals surface area contributed by atoms with Crippen LogP contribution in [0.3, 0.4) is 0 Å². The SMILES string of the molecule is O=C(O)[C@H]1O[C@@H](OC[C@H]2O[C@H](O)[C@@H](O)[C@@H]2O)[C@H](O)[C@@H](O)[C@@H]1O. The molecular weight excluding hydrogens is 308 g/mol. The second-order valence-electron chi connectivity index (χ2n) is 5.11. The van der Waals surface area contributed by atoms with Crippen LogP contribution in [0.15, 0.2) is 0 Å². The molecule has 2 aliphatic rings. The van der Waals surface area contributed by atoms with Crippen LogP contribution >= 0.6 is 0 Å². The Morgan fingerprint density at radius 1 is 0.864 bits per heavy atom. The molecule has 0 unspecified atom stereocenters. The maximum absolute atomic E-state index is 10.9. The van der Waals surface area contributed by atoms with Gasteiger partial charge in [-0.05, 0) is 0 Å². The van der Waals surface area contributed by atoms with Gasteiger partial charge in [-0.2, -0.15) is 0 Å². The molecule has 0 spiro atoms. The first-order valence-corrected chi connectivity index (χ1v) is 6.47. The highest BCUT2D eigenvalue weighted by molar-refractivity contribution is 5.73. The van der Waals surface area contributed by atoms with Gasteiger partial charge in [0, 0.05) is 0 Å². The van der Waals surface area contributed by atoms with Crippen molar-refractivity contribution in [2.24, 2.45) is 0 Å². The molecular formula is C11H18O11. The molecule has 128 valence electrons. The second-order valence-corrected chi connectivity index (χ2v) is 5.11. The Hall–Kier alpha value is -0.890. The molecule has 2 rings (SSSR count). The van der Waals surface area contributed by atoms with E-state index in [0.29, 0.717) is 0 Å². The highest BCUT2D eigenvalue weighted by Crippen LogP contribution is 2.25. The van der Waals surface area contributed by atoms with Gasteiger partial charge in [-0.1, -0.05) is 0 Å². The van der Waals surface area contributed by atoms with E-state index in [4.69, 9.17) is 19.3 Å². The fraction of sp³-hybridized carbons (Fsp3) is 0.909. The molecule has 2 aliphatic heterocycles. The van der Waals surface area contributed by atoms with E-state index in [1.54, 1.807) is 0 Å². The molecule has 2 saturated heterocycles. The predicted molar refractivity (Wildman–Crippen MR) is 63.2 cm³/mol. The van der Waals surface area contributed by atoms with Crippen molar-refractivity contribution in [3.05, 3.63) is 0 Å². The van der Waals surface area contributed by atoms with Gasteiger partial charge in [0.2, 0.25) is 0 Å². The Balaban J connectivity index is 1.95. The molecule has 9 atom stereocenters. The van der Waals surface area contributed by atoms with Gasteiger partial charge in [0.25, 0.3) is 0 Å². The summed E-state index contributed by atoms with van der Waals surface area (Å²) in [6.45, 7) is -0.466. The van der Waals surface area contributed by atoms with Crippen molar-refractivity contribution in [3.8, 4) is 0 Å². The normalized spacial score (nSPS) is 49.3. The third kappa shape index (κ3) is 3.22. The number of aliphatic carboxylic acids is 1. The molecule has 11 heteroatoms. The number of carboxylic acids is 1. The van der Waals surface area contributed by atoms with Crippen molar-refractivity contribution in [2.45, 2.75) is 55.3 Å². The van der Waals surface area contributed by atoms with Crippen molar-refractivity contribution < 1.29 is 54.8 Å². The summed E-state index contributed by atoms with van der Waals surface area (Å²) in [5.74, 6) is -1.56. The van der Waals surface area contributed by atoms with Gasteiger partial charge in [0.05, 0.1) is 6.61 Å². The van der Waals surface area contributed by atoms with E-state index in [1.807, 2.05) is 0 Å². The van der Waals surface area contributed by atoms with Gasteiger partial charge < -0.3 is 50.0 Å². The third-order valence-electron chi connectivity index (χ3n) is 3.57. The Morgan fingerprint density at radius 2 is 1.50 bits per heavy atom. The van der Waals surface area contributed by atoms with Gasteiger partial charge in [-0.15, -0.1) is 0 Å². The van der Waals surface area contributed by atoms with Gasteiger partial charge in [0.1, 0.15) is 36.6 Å². The van der Waals surface area contributed by atoms with Crippen LogP contribution in [0.5, 0.6) is 0 Å². The first-order valence-electron chi connectivity index (χ1n) is 6.47. The number of aliphatic hydroxyl groups excluding tert-OH is 6. The zero-order chi connectivity index (χ0) is 16.6. The molecule has 0 aromatic heterocycles. The van der Waals surface area contributed by atoms with E-state index in [2.05, 4.69) is 0 Å². The molecule has 2 fully saturated rings. The number of aliphatic hydroxyl groups is 6. The molecule has 22 heavy (non-hydrogen) atoms. The summed E-state index contributed by atoms with van der Waals surface area (Å²) in [5.41, 5.74) is 0. The first-order chi connectivity index (χ1) is 10.2. The molecule has 0 aromatic rings. The van der Waals surface area contributed by atoms with Crippen LogP contribution in [0.2, 0.25) is 0 Å². The van der Waals surface area contributed by atoms with Crippen LogP contribution in [0, 0.1) is 0 Å². The molecule has 0 saturated carbocycles. The summed E-state index contributed by atoms with van der Waals surface area (Å²) in [6, 6.07) is 0. The van der Waals surface area contributed by atoms with Crippen LogP contribution in [0.25, 0.3) is 0 Å². The van der Waals surface area contributed by atoms with E-state index >= 15 is 0 Å². The van der Waals surface area contributed by atoms with Gasteiger partial charge in [-0.25, -0.2) is 4.79 Å². The standard InChI is InChI=1S/C11H18O11/c12-3-2(21-10(19)6(3)15)1-20-11-7(16)4(13)5(14)8(22-11)9(17)18/h2-8,10-16,19H,1H2,(H,17,18)/t2-,3-,4+,5+,6+,7-,8+,10+,11-/m1/s1. The lowest BCUT2D eigenvalue weighted by molar-refractivity contribution is -0.300. The average molecular weight is 326 g/mol. The minimum Gasteiger partial charge on any atom is -0.479 e. The lowest BCUT2D eigenvalue weighted by Gasteiger charge is -2.38. The van der Waals surface area contributed by atoms with Crippen molar-refractivity contribution in [1.82, 2.24) is 0 Å². The van der Waals surface area contributed by atoms with Crippen LogP contribution < -0.4 is 0 Å². The number of carbonyl (C=O) groups is 1. The van der Waals surface area contributed by atoms with Crippen LogP contribution in [-0.2, 0) is 19.0 Å². The fourth-order valence-corrected chi connectivity index (χ4v) is 2.25. The van der Waals surface area contributed by atoms with Gasteiger partial charge >= 0.3 is 5.97 Å². The van der Waals surface area contributed by atoms with E-state index in [9.17, 15) is 35.4 Å². The molecule has 0 amide bonds. The van der Waals surface area contributed by atoms with E-state index in [0.717, 1.165) is 0 Å². The predicted octanol–water partition coefficient (Wildman–Crippen LogP) is -4.67. The van der Waals surface area contributed by atoms with E-state index in [-0.39, 0.29) is 0 Å². The molecule has 0 radical (unpaired) electrons. The summed E-state index contributed by atoms with van der Waals surface area (Å²) < 4.78 is 14.7. The molecule has 7 N–H and O–H groups in total. The number of ether oxygens (including phenoxy) is 3. The molecule has 0 bridgehead atoms. The Kier molecular flexibility index (Phi) is 5.32. The smallest absolute Gasteiger partial charge is 0.335 e. The van der Waals surface area contributed by atoms with Crippen LogP contribution in [0.4, 0.5) is 0 Å². The molecule has 0 aromatic carbocycles. The van der Waals surface area contributed by atoms with Gasteiger partial charge in [0.15, 0.2) is 18.7 Å². The first kappa shape index (κ1) is 17.5. The summed E-state index contributed by atoms with van der Waals surface area (Å²) in [5, 5.41) is 65.7. The maximum atomic E-state index is 10.9. The van der Waals surface area contributed by atoms with Crippen LogP contribution in [-0.4, -0.2) is 104 Å². The molecule has 11 nitrogen and oxygen atoms in total. The number of hydrogen-bond donors (Lipinski definition) is 7. The summed E-state index contributed by atoms with van der Waals surface area (Å²) in [6.07, 6.45) is -14.6. The Bertz CT molecular complexity index is 403. The van der Waals surface area contributed by atoms with E-state index in [1.165, 1.54) is 0 Å². The second kappa shape index (κ2) is 6.70. The Labute approximate surface area is 123 Å². The quantitative estimate of drug-likeness (QED) is 0.263. The number of hydrogen-bond acceptors (Lipinski definition) is 10. The van der Waals surface area contributed by atoms with Crippen molar-refractivity contribution in [3.63, 3.8) is 0 Å². The summed E-state index contributed by atoms with van der Waals surface area (Å²) in [7, 11) is 0. The maximum Gasteiger partial charge on any atom is 0.335 e. The zero-order valence-corrected chi connectivity index (χ0v) is 11.2. The number of rotatable bonds is 4. The third-order valence-corrected chi connectivity index (χ3v) is 3.57. The molecule has 0 aliphatic carbocycles. The zero-order valence-electron chi connectivity index (χ0n) is 11.2. The van der Waals surface area contributed by atoms with Crippen molar-refractivity contribution in [2.75, 3.05) is 6.61 Å². The van der Waals surface area contributed by atoms with Crippen molar-refractivity contribution in [1.29, 1.82) is 0 Å². The van der Waals surface area contributed by atoms with E-state index < -0.39 is 67.9 Å². The minimum atomic E-state index is -1.84. The monoisotopic (exact) mass is 326 g/mol.